The number of rotatable bonds is 5. The SMILES string of the molecule is Cc1ccc(-c2nc3ccccc3o2)cc1NC(=O)C(c1ccccc1)c1ccccc1. The average molecular weight is 418 g/mol. The molecule has 0 aliphatic rings. The van der Waals surface area contributed by atoms with Crippen molar-refractivity contribution < 1.29 is 9.21 Å². The van der Waals surface area contributed by atoms with Gasteiger partial charge in [0.05, 0.1) is 5.92 Å². The predicted octanol–water partition coefficient (Wildman–Crippen LogP) is 6.57. The van der Waals surface area contributed by atoms with Gasteiger partial charge in [-0.05, 0) is 47.9 Å². The third kappa shape index (κ3) is 3.91. The van der Waals surface area contributed by atoms with Gasteiger partial charge >= 0.3 is 0 Å². The van der Waals surface area contributed by atoms with Gasteiger partial charge in [-0.15, -0.1) is 0 Å². The average Bonchev–Trinajstić information content (AvgIpc) is 3.26. The van der Waals surface area contributed by atoms with E-state index in [1.54, 1.807) is 0 Å². The van der Waals surface area contributed by atoms with E-state index in [4.69, 9.17) is 4.42 Å². The van der Waals surface area contributed by atoms with Gasteiger partial charge in [-0.3, -0.25) is 4.79 Å². The molecular weight excluding hydrogens is 396 g/mol. The molecule has 4 nitrogen and oxygen atoms in total. The first kappa shape index (κ1) is 19.8. The summed E-state index contributed by atoms with van der Waals surface area (Å²) in [5.41, 5.74) is 5.97. The lowest BCUT2D eigenvalue weighted by atomic mass is 9.90. The maximum atomic E-state index is 13.5. The first-order valence-corrected chi connectivity index (χ1v) is 10.6. The molecule has 1 N–H and O–H groups in total. The van der Waals surface area contributed by atoms with Gasteiger partial charge in [-0.2, -0.15) is 0 Å². The Hall–Kier alpha value is -4.18. The number of hydrogen-bond acceptors (Lipinski definition) is 3. The van der Waals surface area contributed by atoms with Crippen LogP contribution in [0.5, 0.6) is 0 Å². The van der Waals surface area contributed by atoms with Crippen molar-refractivity contribution in [2.75, 3.05) is 5.32 Å². The van der Waals surface area contributed by atoms with Crippen molar-refractivity contribution in [3.63, 3.8) is 0 Å². The molecular formula is C28H22N2O2. The minimum absolute atomic E-state index is 0.0831. The van der Waals surface area contributed by atoms with E-state index in [-0.39, 0.29) is 5.91 Å². The second-order valence-corrected chi connectivity index (χ2v) is 7.76. The lowest BCUT2D eigenvalue weighted by Gasteiger charge is -2.19. The Morgan fingerprint density at radius 1 is 0.812 bits per heavy atom. The lowest BCUT2D eigenvalue weighted by molar-refractivity contribution is -0.116. The van der Waals surface area contributed by atoms with E-state index < -0.39 is 5.92 Å². The van der Waals surface area contributed by atoms with Gasteiger partial charge in [0.1, 0.15) is 5.52 Å². The van der Waals surface area contributed by atoms with Gasteiger partial charge in [0.2, 0.25) is 11.8 Å². The molecule has 5 rings (SSSR count). The quantitative estimate of drug-likeness (QED) is 0.351. The van der Waals surface area contributed by atoms with Crippen LogP contribution in [0.4, 0.5) is 5.69 Å². The van der Waals surface area contributed by atoms with Crippen LogP contribution in [0.15, 0.2) is 108 Å². The van der Waals surface area contributed by atoms with Crippen LogP contribution in [0.25, 0.3) is 22.6 Å². The summed E-state index contributed by atoms with van der Waals surface area (Å²) in [6, 6.07) is 33.2. The Morgan fingerprint density at radius 2 is 1.44 bits per heavy atom. The molecule has 5 aromatic rings. The summed E-state index contributed by atoms with van der Waals surface area (Å²) >= 11 is 0. The molecule has 1 heterocycles. The molecule has 1 aromatic heterocycles. The Bertz CT molecular complexity index is 1300. The summed E-state index contributed by atoms with van der Waals surface area (Å²) in [6.45, 7) is 1.98. The van der Waals surface area contributed by atoms with Crippen LogP contribution in [0.1, 0.15) is 22.6 Å². The van der Waals surface area contributed by atoms with E-state index in [1.807, 2.05) is 110 Å². The highest BCUT2D eigenvalue weighted by atomic mass is 16.3. The Balaban J connectivity index is 1.49. The van der Waals surface area contributed by atoms with Crippen molar-refractivity contribution in [1.29, 1.82) is 0 Å². The fourth-order valence-electron chi connectivity index (χ4n) is 3.88. The molecule has 0 saturated heterocycles. The number of hydrogen-bond donors (Lipinski definition) is 1. The third-order valence-electron chi connectivity index (χ3n) is 5.56. The van der Waals surface area contributed by atoms with Gasteiger partial charge in [0.15, 0.2) is 5.58 Å². The van der Waals surface area contributed by atoms with E-state index in [1.165, 1.54) is 0 Å². The topological polar surface area (TPSA) is 55.1 Å². The number of para-hydroxylation sites is 2. The molecule has 4 aromatic carbocycles. The fraction of sp³-hybridized carbons (Fsp3) is 0.0714. The summed E-state index contributed by atoms with van der Waals surface area (Å²) in [5.74, 6) is 0.0364. The maximum absolute atomic E-state index is 13.5. The Morgan fingerprint density at radius 3 is 2.09 bits per heavy atom. The smallest absolute Gasteiger partial charge is 0.236 e. The van der Waals surface area contributed by atoms with E-state index in [0.717, 1.165) is 39.0 Å². The fourth-order valence-corrected chi connectivity index (χ4v) is 3.88. The largest absolute Gasteiger partial charge is 0.436 e. The van der Waals surface area contributed by atoms with Crippen LogP contribution >= 0.6 is 0 Å². The molecule has 0 unspecified atom stereocenters. The van der Waals surface area contributed by atoms with Gasteiger partial charge < -0.3 is 9.73 Å². The molecule has 0 bridgehead atoms. The normalized spacial score (nSPS) is 11.1. The molecule has 0 aliphatic heterocycles. The number of anilines is 1. The third-order valence-corrected chi connectivity index (χ3v) is 5.56. The number of fused-ring (bicyclic) bond motifs is 1. The van der Waals surface area contributed by atoms with E-state index in [2.05, 4.69) is 10.3 Å². The molecule has 0 saturated carbocycles. The summed E-state index contributed by atoms with van der Waals surface area (Å²) in [4.78, 5) is 18.1. The molecule has 0 aliphatic carbocycles. The number of aryl methyl sites for hydroxylation is 1. The Kier molecular flexibility index (Phi) is 5.26. The molecule has 32 heavy (non-hydrogen) atoms. The van der Waals surface area contributed by atoms with Crippen LogP contribution in [0, 0.1) is 6.92 Å². The summed E-state index contributed by atoms with van der Waals surface area (Å²) < 4.78 is 5.92. The van der Waals surface area contributed by atoms with Gasteiger partial charge in [-0.1, -0.05) is 78.9 Å². The van der Waals surface area contributed by atoms with Crippen LogP contribution in [-0.4, -0.2) is 10.9 Å². The summed E-state index contributed by atoms with van der Waals surface area (Å²) in [7, 11) is 0. The number of carbonyl (C=O) groups is 1. The molecule has 0 atom stereocenters. The van der Waals surface area contributed by atoms with Gasteiger partial charge in [0.25, 0.3) is 0 Å². The summed E-state index contributed by atoms with van der Waals surface area (Å²) in [6.07, 6.45) is 0. The van der Waals surface area contributed by atoms with Gasteiger partial charge in [0, 0.05) is 11.3 Å². The zero-order valence-corrected chi connectivity index (χ0v) is 17.7. The number of oxazole rings is 1. The minimum atomic E-state index is -0.412. The lowest BCUT2D eigenvalue weighted by Crippen LogP contribution is -2.22. The number of amides is 1. The van der Waals surface area contributed by atoms with Crippen molar-refractivity contribution in [2.24, 2.45) is 0 Å². The molecule has 0 spiro atoms. The van der Waals surface area contributed by atoms with Crippen molar-refractivity contribution >= 4 is 22.7 Å². The molecule has 1 amide bonds. The van der Waals surface area contributed by atoms with Crippen molar-refractivity contribution in [2.45, 2.75) is 12.8 Å². The highest BCUT2D eigenvalue weighted by Crippen LogP contribution is 2.30. The van der Waals surface area contributed by atoms with Crippen LogP contribution in [-0.2, 0) is 4.79 Å². The molecule has 0 radical (unpaired) electrons. The standard InChI is InChI=1S/C28H22N2O2/c1-19-16-17-22(28-30-23-14-8-9-15-25(23)32-28)18-24(19)29-27(31)26(20-10-4-2-5-11-20)21-12-6-3-7-13-21/h2-18,26H,1H3,(H,29,31). The molecule has 156 valence electrons. The van der Waals surface area contributed by atoms with E-state index in [0.29, 0.717) is 5.89 Å². The van der Waals surface area contributed by atoms with Crippen LogP contribution in [0.2, 0.25) is 0 Å². The van der Waals surface area contributed by atoms with Crippen LogP contribution in [0.3, 0.4) is 0 Å². The monoisotopic (exact) mass is 418 g/mol. The zero-order chi connectivity index (χ0) is 21.9. The minimum Gasteiger partial charge on any atom is -0.436 e. The first-order valence-electron chi connectivity index (χ1n) is 10.6. The van der Waals surface area contributed by atoms with Gasteiger partial charge in [-0.25, -0.2) is 4.98 Å². The van der Waals surface area contributed by atoms with Crippen molar-refractivity contribution in [3.05, 3.63) is 120 Å². The maximum Gasteiger partial charge on any atom is 0.236 e. The van der Waals surface area contributed by atoms with E-state index >= 15 is 0 Å². The number of nitrogens with zero attached hydrogens (tertiary/aromatic N) is 1. The molecule has 0 fully saturated rings. The predicted molar refractivity (Wildman–Crippen MR) is 128 cm³/mol. The first-order chi connectivity index (χ1) is 15.7. The second kappa shape index (κ2) is 8.52. The number of carbonyl (C=O) groups excluding carboxylic acids is 1. The van der Waals surface area contributed by atoms with Crippen molar-refractivity contribution in [3.8, 4) is 11.5 Å². The molecule has 4 heteroatoms. The number of nitrogens with one attached hydrogen (secondary N) is 1. The number of aromatic nitrogens is 1. The number of benzene rings is 4. The zero-order valence-electron chi connectivity index (χ0n) is 17.7. The van der Waals surface area contributed by atoms with E-state index in [9.17, 15) is 4.79 Å². The van der Waals surface area contributed by atoms with Crippen LogP contribution < -0.4 is 5.32 Å². The van der Waals surface area contributed by atoms with Crippen molar-refractivity contribution in [1.82, 2.24) is 4.98 Å². The second-order valence-electron chi connectivity index (χ2n) is 7.76. The summed E-state index contributed by atoms with van der Waals surface area (Å²) in [5, 5.41) is 3.14. The Labute approximate surface area is 186 Å². The highest BCUT2D eigenvalue weighted by Gasteiger charge is 2.23. The highest BCUT2D eigenvalue weighted by molar-refractivity contribution is 5.99.